The first-order chi connectivity index (χ1) is 14.2. The summed E-state index contributed by atoms with van der Waals surface area (Å²) in [5, 5.41) is 2.87. The Morgan fingerprint density at radius 1 is 1.00 bits per heavy atom. The third-order valence-electron chi connectivity index (χ3n) is 5.69. The molecule has 1 aliphatic rings. The van der Waals surface area contributed by atoms with Crippen LogP contribution in [0.4, 0.5) is 5.69 Å². The lowest BCUT2D eigenvalue weighted by Gasteiger charge is -2.33. The van der Waals surface area contributed by atoms with Gasteiger partial charge >= 0.3 is 0 Å². The summed E-state index contributed by atoms with van der Waals surface area (Å²) >= 11 is 0. The van der Waals surface area contributed by atoms with Crippen LogP contribution in [0.3, 0.4) is 0 Å². The van der Waals surface area contributed by atoms with Gasteiger partial charge in [0.1, 0.15) is 0 Å². The Morgan fingerprint density at radius 3 is 2.30 bits per heavy atom. The number of anilines is 1. The van der Waals surface area contributed by atoms with Crippen LogP contribution in [-0.4, -0.2) is 56.3 Å². The van der Waals surface area contributed by atoms with Gasteiger partial charge in [-0.25, -0.2) is 8.42 Å². The largest absolute Gasteiger partial charge is 0.326 e. The molecule has 6 nitrogen and oxygen atoms in total. The molecule has 1 heterocycles. The highest BCUT2D eigenvalue weighted by Gasteiger charge is 2.28. The molecule has 0 aromatic heterocycles. The number of carbonyl (C=O) groups is 1. The summed E-state index contributed by atoms with van der Waals surface area (Å²) < 4.78 is 27.6. The van der Waals surface area contributed by atoms with Crippen molar-refractivity contribution in [3.63, 3.8) is 0 Å². The van der Waals surface area contributed by atoms with E-state index in [4.69, 9.17) is 0 Å². The van der Waals surface area contributed by atoms with E-state index in [1.807, 2.05) is 44.2 Å². The van der Waals surface area contributed by atoms with Crippen LogP contribution in [0.15, 0.2) is 59.5 Å². The lowest BCUT2D eigenvalue weighted by molar-refractivity contribution is -0.117. The minimum absolute atomic E-state index is 0.144. The minimum Gasteiger partial charge on any atom is -0.326 e. The van der Waals surface area contributed by atoms with Crippen molar-refractivity contribution in [2.24, 2.45) is 0 Å². The molecule has 1 amide bonds. The molecular weight excluding hydrogens is 398 g/mol. The fourth-order valence-corrected chi connectivity index (χ4v) is 5.24. The Bertz CT molecular complexity index is 966. The maximum atomic E-state index is 13.0. The third-order valence-corrected chi connectivity index (χ3v) is 7.59. The van der Waals surface area contributed by atoms with E-state index in [0.717, 1.165) is 25.2 Å². The molecule has 1 N–H and O–H groups in total. The summed E-state index contributed by atoms with van der Waals surface area (Å²) in [4.78, 5) is 15.1. The number of nitrogens with zero attached hydrogens (tertiary/aromatic N) is 2. The molecule has 1 aliphatic heterocycles. The van der Waals surface area contributed by atoms with Crippen molar-refractivity contribution in [2.45, 2.75) is 37.5 Å². The summed E-state index contributed by atoms with van der Waals surface area (Å²) in [5.74, 6) is -0.144. The monoisotopic (exact) mass is 429 g/mol. The van der Waals surface area contributed by atoms with Crippen LogP contribution >= 0.6 is 0 Å². The zero-order valence-electron chi connectivity index (χ0n) is 18.0. The molecule has 0 saturated carbocycles. The Hall–Kier alpha value is -2.22. The molecule has 30 heavy (non-hydrogen) atoms. The van der Waals surface area contributed by atoms with Crippen molar-refractivity contribution >= 4 is 21.6 Å². The number of nitrogens with one attached hydrogen (secondary N) is 1. The van der Waals surface area contributed by atoms with Gasteiger partial charge in [0.25, 0.3) is 0 Å². The lowest BCUT2D eigenvalue weighted by atomic mass is 9.81. The highest BCUT2D eigenvalue weighted by Crippen LogP contribution is 2.28. The second-order valence-electron chi connectivity index (χ2n) is 8.34. The molecular formula is C23H31N3O3S. The molecule has 0 aliphatic carbocycles. The van der Waals surface area contributed by atoms with Gasteiger partial charge in [0.05, 0.1) is 4.90 Å². The van der Waals surface area contributed by atoms with Crippen LogP contribution in [0.25, 0.3) is 0 Å². The van der Waals surface area contributed by atoms with Crippen LogP contribution < -0.4 is 5.32 Å². The highest BCUT2D eigenvalue weighted by atomic mass is 32.2. The van der Waals surface area contributed by atoms with E-state index < -0.39 is 10.0 Å². The number of hydrogen-bond acceptors (Lipinski definition) is 4. The molecule has 2 aromatic rings. The lowest BCUT2D eigenvalue weighted by Crippen LogP contribution is -2.48. The van der Waals surface area contributed by atoms with Gasteiger partial charge < -0.3 is 10.2 Å². The number of carbonyl (C=O) groups excluding carboxylic acids is 1. The SMILES string of the molecule is CCN1CCN(S(=O)(=O)c2cccc(NC(=O)CC(C)(C)c3ccccc3)c2)CC1. The maximum absolute atomic E-state index is 13.0. The second-order valence-corrected chi connectivity index (χ2v) is 10.3. The minimum atomic E-state index is -3.57. The molecule has 0 radical (unpaired) electrons. The predicted octanol–water partition coefficient (Wildman–Crippen LogP) is 3.32. The Balaban J connectivity index is 1.69. The molecule has 1 saturated heterocycles. The van der Waals surface area contributed by atoms with E-state index >= 15 is 0 Å². The number of amides is 1. The van der Waals surface area contributed by atoms with E-state index in [-0.39, 0.29) is 16.2 Å². The molecule has 3 rings (SSSR count). The molecule has 162 valence electrons. The average molecular weight is 430 g/mol. The summed E-state index contributed by atoms with van der Waals surface area (Å²) in [5.41, 5.74) is 1.26. The Morgan fingerprint density at radius 2 is 1.67 bits per heavy atom. The van der Waals surface area contributed by atoms with Gasteiger partial charge in [-0.05, 0) is 35.7 Å². The Kier molecular flexibility index (Phi) is 6.95. The molecule has 1 fully saturated rings. The topological polar surface area (TPSA) is 69.7 Å². The number of hydrogen-bond donors (Lipinski definition) is 1. The molecule has 0 atom stereocenters. The normalized spacial score (nSPS) is 16.4. The molecule has 0 spiro atoms. The summed E-state index contributed by atoms with van der Waals surface area (Å²) in [7, 11) is -3.57. The number of piperazine rings is 1. The molecule has 2 aromatic carbocycles. The number of rotatable bonds is 7. The van der Waals surface area contributed by atoms with Crippen molar-refractivity contribution in [1.29, 1.82) is 0 Å². The van der Waals surface area contributed by atoms with Crippen molar-refractivity contribution in [3.8, 4) is 0 Å². The van der Waals surface area contributed by atoms with Crippen LogP contribution in [0, 0.1) is 0 Å². The van der Waals surface area contributed by atoms with Crippen LogP contribution in [-0.2, 0) is 20.2 Å². The highest BCUT2D eigenvalue weighted by molar-refractivity contribution is 7.89. The van der Waals surface area contributed by atoms with Crippen molar-refractivity contribution in [3.05, 3.63) is 60.2 Å². The Labute approximate surface area is 179 Å². The number of benzene rings is 2. The predicted molar refractivity (Wildman–Crippen MR) is 120 cm³/mol. The van der Waals surface area contributed by atoms with Crippen LogP contribution in [0.1, 0.15) is 32.8 Å². The van der Waals surface area contributed by atoms with Gasteiger partial charge in [-0.2, -0.15) is 4.31 Å². The quantitative estimate of drug-likeness (QED) is 0.733. The standard InChI is InChI=1S/C23H31N3O3S/c1-4-25-13-15-26(16-14-25)30(28,29)21-12-8-11-20(17-21)24-22(27)18-23(2,3)19-9-6-5-7-10-19/h5-12,17H,4,13-16,18H2,1-3H3,(H,24,27). The van der Waals surface area contributed by atoms with Gasteiger partial charge in [0.15, 0.2) is 0 Å². The van der Waals surface area contributed by atoms with Gasteiger partial charge in [0.2, 0.25) is 15.9 Å². The first-order valence-electron chi connectivity index (χ1n) is 10.4. The fraction of sp³-hybridized carbons (Fsp3) is 0.435. The maximum Gasteiger partial charge on any atom is 0.243 e. The van der Waals surface area contributed by atoms with E-state index in [9.17, 15) is 13.2 Å². The smallest absolute Gasteiger partial charge is 0.243 e. The van der Waals surface area contributed by atoms with E-state index in [1.54, 1.807) is 24.3 Å². The van der Waals surface area contributed by atoms with Crippen molar-refractivity contribution < 1.29 is 13.2 Å². The van der Waals surface area contributed by atoms with Gasteiger partial charge in [-0.15, -0.1) is 0 Å². The zero-order valence-corrected chi connectivity index (χ0v) is 18.8. The van der Waals surface area contributed by atoms with Gasteiger partial charge in [0, 0.05) is 38.3 Å². The summed E-state index contributed by atoms with van der Waals surface area (Å²) in [6.45, 7) is 9.50. The molecule has 0 unspecified atom stereocenters. The third kappa shape index (κ3) is 5.28. The second kappa shape index (κ2) is 9.29. The summed E-state index contributed by atoms with van der Waals surface area (Å²) in [6.07, 6.45) is 0.299. The van der Waals surface area contributed by atoms with Crippen LogP contribution in [0.5, 0.6) is 0 Å². The molecule has 7 heteroatoms. The first-order valence-corrected chi connectivity index (χ1v) is 11.8. The van der Waals surface area contributed by atoms with E-state index in [1.165, 1.54) is 4.31 Å². The summed E-state index contributed by atoms with van der Waals surface area (Å²) in [6, 6.07) is 16.4. The zero-order chi connectivity index (χ0) is 21.8. The van der Waals surface area contributed by atoms with Gasteiger partial charge in [-0.1, -0.05) is 57.2 Å². The average Bonchev–Trinajstić information content (AvgIpc) is 2.74. The van der Waals surface area contributed by atoms with E-state index in [2.05, 4.69) is 17.1 Å². The number of sulfonamides is 1. The van der Waals surface area contributed by atoms with E-state index in [0.29, 0.717) is 25.2 Å². The van der Waals surface area contributed by atoms with Crippen molar-refractivity contribution in [2.75, 3.05) is 38.0 Å². The van der Waals surface area contributed by atoms with Gasteiger partial charge in [-0.3, -0.25) is 4.79 Å². The first kappa shape index (κ1) is 22.5. The fourth-order valence-electron chi connectivity index (χ4n) is 3.77. The molecule has 0 bridgehead atoms. The number of likely N-dealkylation sites (N-methyl/N-ethyl adjacent to an activating group) is 1. The van der Waals surface area contributed by atoms with Crippen LogP contribution in [0.2, 0.25) is 0 Å². The van der Waals surface area contributed by atoms with Crippen molar-refractivity contribution in [1.82, 2.24) is 9.21 Å².